The molecule has 2 atom stereocenters. The van der Waals surface area contributed by atoms with Gasteiger partial charge in [-0.05, 0) is 25.7 Å². The molecular formula is C18H29NO12. The van der Waals surface area contributed by atoms with Crippen molar-refractivity contribution in [2.75, 3.05) is 14.2 Å². The molecular weight excluding hydrogens is 422 g/mol. The van der Waals surface area contributed by atoms with Crippen molar-refractivity contribution in [2.45, 2.75) is 63.6 Å². The van der Waals surface area contributed by atoms with Crippen molar-refractivity contribution in [3.8, 4) is 0 Å². The van der Waals surface area contributed by atoms with Crippen molar-refractivity contribution >= 4 is 35.8 Å². The van der Waals surface area contributed by atoms with E-state index in [9.17, 15) is 39.0 Å². The molecule has 2 unspecified atom stereocenters. The van der Waals surface area contributed by atoms with Crippen molar-refractivity contribution in [1.82, 2.24) is 6.15 Å². The van der Waals surface area contributed by atoms with Crippen LogP contribution in [-0.4, -0.2) is 72.5 Å². The number of methoxy groups -OCH3 is 2. The summed E-state index contributed by atoms with van der Waals surface area (Å²) >= 11 is 0. The lowest BCUT2D eigenvalue weighted by molar-refractivity contribution is -0.187. The van der Waals surface area contributed by atoms with Crippen LogP contribution in [0.1, 0.15) is 51.4 Å². The zero-order valence-electron chi connectivity index (χ0n) is 17.5. The number of rotatable bonds is 15. The maximum absolute atomic E-state index is 11.8. The molecule has 0 saturated heterocycles. The fraction of sp³-hybridized carbons (Fsp3) is 0.667. The summed E-state index contributed by atoms with van der Waals surface area (Å²) in [5.41, 5.74) is 0. The number of esters is 4. The van der Waals surface area contributed by atoms with Crippen molar-refractivity contribution in [2.24, 2.45) is 0 Å². The molecule has 0 radical (unpaired) electrons. The van der Waals surface area contributed by atoms with Gasteiger partial charge in [0.15, 0.2) is 0 Å². The summed E-state index contributed by atoms with van der Waals surface area (Å²) in [4.78, 5) is 68.3. The molecule has 13 heteroatoms. The number of aliphatic carboxylic acids is 2. The Hall–Kier alpha value is -3.22. The Morgan fingerprint density at radius 1 is 0.581 bits per heavy atom. The van der Waals surface area contributed by atoms with Gasteiger partial charge in [-0.15, -0.1) is 0 Å². The minimum atomic E-state index is -2.24. The molecule has 5 N–H and O–H groups in total. The summed E-state index contributed by atoms with van der Waals surface area (Å²) < 4.78 is 18.2. The summed E-state index contributed by atoms with van der Waals surface area (Å²) in [5, 5.41) is 18.4. The zero-order chi connectivity index (χ0) is 23.1. The van der Waals surface area contributed by atoms with Crippen molar-refractivity contribution < 1.29 is 57.9 Å². The number of carbonyl (C=O) groups excluding carboxylic acids is 4. The van der Waals surface area contributed by atoms with E-state index < -0.39 is 48.0 Å². The molecule has 0 aromatic heterocycles. The first kappa shape index (κ1) is 30.0. The van der Waals surface area contributed by atoms with E-state index in [1.54, 1.807) is 0 Å². The van der Waals surface area contributed by atoms with Crippen LogP contribution < -0.4 is 6.15 Å². The highest BCUT2D eigenvalue weighted by atomic mass is 16.6. The summed E-state index contributed by atoms with van der Waals surface area (Å²) in [6.07, 6.45) is -4.00. The first-order valence-electron chi connectivity index (χ1n) is 9.10. The van der Waals surface area contributed by atoms with Gasteiger partial charge in [0.25, 0.3) is 0 Å². The molecule has 0 saturated carbocycles. The average Bonchev–Trinajstić information content (AvgIpc) is 2.70. The molecule has 0 aliphatic carbocycles. The van der Waals surface area contributed by atoms with Gasteiger partial charge in [0, 0.05) is 25.7 Å². The van der Waals surface area contributed by atoms with Gasteiger partial charge >= 0.3 is 35.8 Å². The van der Waals surface area contributed by atoms with Crippen LogP contribution in [0.5, 0.6) is 0 Å². The minimum absolute atomic E-state index is 0. The van der Waals surface area contributed by atoms with E-state index in [2.05, 4.69) is 18.9 Å². The third-order valence-electron chi connectivity index (χ3n) is 3.76. The summed E-state index contributed by atoms with van der Waals surface area (Å²) in [6, 6.07) is 0. The van der Waals surface area contributed by atoms with Crippen LogP contribution in [0.2, 0.25) is 0 Å². The second kappa shape index (κ2) is 16.6. The van der Waals surface area contributed by atoms with Gasteiger partial charge in [-0.3, -0.25) is 19.2 Å². The lowest BCUT2D eigenvalue weighted by Crippen LogP contribution is -2.45. The topological polar surface area (TPSA) is 215 Å². The quantitative estimate of drug-likeness (QED) is 0.177. The largest absolute Gasteiger partial charge is 0.478 e. The molecule has 0 heterocycles. The van der Waals surface area contributed by atoms with E-state index in [0.717, 1.165) is 0 Å². The van der Waals surface area contributed by atoms with Crippen molar-refractivity contribution in [1.29, 1.82) is 0 Å². The van der Waals surface area contributed by atoms with Crippen molar-refractivity contribution in [3.63, 3.8) is 0 Å². The first-order chi connectivity index (χ1) is 14.1. The van der Waals surface area contributed by atoms with Crippen LogP contribution in [0.25, 0.3) is 0 Å². The van der Waals surface area contributed by atoms with Crippen LogP contribution in [0.15, 0.2) is 0 Å². The smallest absolute Gasteiger partial charge is 0.349 e. The van der Waals surface area contributed by atoms with Crippen LogP contribution in [0, 0.1) is 0 Å². The van der Waals surface area contributed by atoms with Crippen LogP contribution in [0.4, 0.5) is 0 Å². The Bertz CT molecular complexity index is 579. The highest BCUT2D eigenvalue weighted by Crippen LogP contribution is 2.12. The number of carbonyl (C=O) groups is 6. The van der Waals surface area contributed by atoms with Gasteiger partial charge in [-0.25, -0.2) is 9.59 Å². The fourth-order valence-electron chi connectivity index (χ4n) is 2.17. The van der Waals surface area contributed by atoms with E-state index in [1.165, 1.54) is 14.2 Å². The second-order valence-electron chi connectivity index (χ2n) is 6.06. The molecule has 0 rings (SSSR count). The highest BCUT2D eigenvalue weighted by molar-refractivity contribution is 5.87. The Morgan fingerprint density at radius 3 is 1.06 bits per heavy atom. The molecule has 0 bridgehead atoms. The fourth-order valence-corrected chi connectivity index (χ4v) is 2.17. The first-order valence-corrected chi connectivity index (χ1v) is 9.10. The SMILES string of the molecule is COC(=O)CCCCC(=O)OC(C(=O)O)C(OC(=O)CCCCC(=O)OC)C(=O)O.N. The van der Waals surface area contributed by atoms with E-state index in [-0.39, 0.29) is 57.5 Å². The molecule has 0 fully saturated rings. The Labute approximate surface area is 178 Å². The Kier molecular flexibility index (Phi) is 16.0. The number of hydrogen-bond donors (Lipinski definition) is 3. The molecule has 0 aliphatic rings. The molecule has 0 amide bonds. The summed E-state index contributed by atoms with van der Waals surface area (Å²) in [5.74, 6) is -6.60. The lowest BCUT2D eigenvalue weighted by atomic mass is 10.1. The van der Waals surface area contributed by atoms with Gasteiger partial charge in [0.05, 0.1) is 14.2 Å². The molecule has 0 aromatic carbocycles. The van der Waals surface area contributed by atoms with Gasteiger partial charge in [0.2, 0.25) is 12.2 Å². The number of carboxylic acid groups (broad SMARTS) is 2. The average molecular weight is 451 g/mol. The van der Waals surface area contributed by atoms with E-state index in [1.807, 2.05) is 0 Å². The van der Waals surface area contributed by atoms with E-state index in [4.69, 9.17) is 0 Å². The Balaban J connectivity index is 0. The predicted molar refractivity (Wildman–Crippen MR) is 101 cm³/mol. The maximum atomic E-state index is 11.8. The second-order valence-corrected chi connectivity index (χ2v) is 6.06. The standard InChI is InChI=1S/C18H26O12.H3N/c1-27-11(19)7-3-5-9-13(21)29-15(17(23)24)16(18(25)26)30-14(22)10-6-4-8-12(20)28-2;/h15-16H,3-10H2,1-2H3,(H,23,24)(H,25,26);1H3. The Morgan fingerprint density at radius 2 is 0.839 bits per heavy atom. The lowest BCUT2D eigenvalue weighted by Gasteiger charge is -2.21. The third kappa shape index (κ3) is 13.6. The monoisotopic (exact) mass is 451 g/mol. The van der Waals surface area contributed by atoms with Crippen LogP contribution >= 0.6 is 0 Å². The van der Waals surface area contributed by atoms with E-state index in [0.29, 0.717) is 0 Å². The molecule has 31 heavy (non-hydrogen) atoms. The van der Waals surface area contributed by atoms with Gasteiger partial charge in [-0.1, -0.05) is 0 Å². The number of hydrogen-bond acceptors (Lipinski definition) is 11. The minimum Gasteiger partial charge on any atom is -0.478 e. The zero-order valence-corrected chi connectivity index (χ0v) is 17.5. The normalized spacial score (nSPS) is 11.8. The number of ether oxygens (including phenoxy) is 4. The number of unbranched alkanes of at least 4 members (excludes halogenated alkanes) is 2. The highest BCUT2D eigenvalue weighted by Gasteiger charge is 2.40. The molecule has 178 valence electrons. The summed E-state index contributed by atoms with van der Waals surface area (Å²) in [6.45, 7) is 0. The molecule has 13 nitrogen and oxygen atoms in total. The molecule has 0 aromatic rings. The van der Waals surface area contributed by atoms with Crippen LogP contribution in [-0.2, 0) is 47.7 Å². The molecule has 0 aliphatic heterocycles. The van der Waals surface area contributed by atoms with Gasteiger partial charge in [-0.2, -0.15) is 0 Å². The predicted octanol–water partition coefficient (Wildman–Crippen LogP) is 0.608. The third-order valence-corrected chi connectivity index (χ3v) is 3.76. The van der Waals surface area contributed by atoms with Gasteiger partial charge in [0.1, 0.15) is 0 Å². The maximum Gasteiger partial charge on any atom is 0.349 e. The van der Waals surface area contributed by atoms with E-state index >= 15 is 0 Å². The number of carboxylic acids is 2. The van der Waals surface area contributed by atoms with Crippen LogP contribution in [0.3, 0.4) is 0 Å². The molecule has 0 spiro atoms. The van der Waals surface area contributed by atoms with Crippen molar-refractivity contribution in [3.05, 3.63) is 0 Å². The van der Waals surface area contributed by atoms with Gasteiger partial charge < -0.3 is 35.3 Å². The summed E-state index contributed by atoms with van der Waals surface area (Å²) in [7, 11) is 2.42.